The minimum atomic E-state index is -0.373. The summed E-state index contributed by atoms with van der Waals surface area (Å²) in [5.74, 6) is 0.409. The molecule has 0 saturated carbocycles. The van der Waals surface area contributed by atoms with Crippen molar-refractivity contribution in [2.24, 2.45) is 0 Å². The molecule has 4 rings (SSSR count). The van der Waals surface area contributed by atoms with E-state index in [1.165, 1.54) is 10.7 Å². The molecule has 3 N–H and O–H groups in total. The summed E-state index contributed by atoms with van der Waals surface area (Å²) in [6.45, 7) is 0. The molecule has 0 radical (unpaired) electrons. The van der Waals surface area contributed by atoms with E-state index in [1.54, 1.807) is 35.3 Å². The van der Waals surface area contributed by atoms with E-state index in [-0.39, 0.29) is 5.91 Å². The third-order valence-electron chi connectivity index (χ3n) is 3.60. The second-order valence-electron chi connectivity index (χ2n) is 5.21. The van der Waals surface area contributed by atoms with Crippen molar-refractivity contribution in [3.05, 3.63) is 65.6 Å². The van der Waals surface area contributed by atoms with Crippen molar-refractivity contribution >= 4 is 34.8 Å². The van der Waals surface area contributed by atoms with Gasteiger partial charge in [-0.05, 0) is 18.2 Å². The maximum Gasteiger partial charge on any atom is 0.262 e. The molecular weight excluding hydrogens is 342 g/mol. The van der Waals surface area contributed by atoms with Crippen LogP contribution < -0.4 is 11.1 Å². The Morgan fingerprint density at radius 3 is 2.84 bits per heavy atom. The number of nitrogen functional groups attached to an aromatic ring is 1. The van der Waals surface area contributed by atoms with Crippen LogP contribution in [0.3, 0.4) is 0 Å². The van der Waals surface area contributed by atoms with Gasteiger partial charge in [0.2, 0.25) is 0 Å². The van der Waals surface area contributed by atoms with Crippen LogP contribution in [-0.2, 0) is 0 Å². The first kappa shape index (κ1) is 15.2. The first-order chi connectivity index (χ1) is 12.1. The summed E-state index contributed by atoms with van der Waals surface area (Å²) in [5.41, 5.74) is 7.03. The molecule has 124 valence electrons. The van der Waals surface area contributed by atoms with Crippen LogP contribution in [-0.4, -0.2) is 30.3 Å². The standard InChI is InChI=1S/C16H12ClN7O/c17-11-3-1-2-4-12(11)24-14(5-7-19-24)22-16(25)10-9-20-23-8-6-13(18)21-15(10)23/h1-9H,(H2,18,21)(H,22,25). The second-order valence-corrected chi connectivity index (χ2v) is 5.62. The molecule has 0 saturated heterocycles. The van der Waals surface area contributed by atoms with Gasteiger partial charge in [-0.25, -0.2) is 14.2 Å². The Hall–Kier alpha value is -3.39. The number of para-hydroxylation sites is 1. The SMILES string of the molecule is Nc1ccn2ncc(C(=O)Nc3ccnn3-c3ccccc3Cl)c2n1. The molecule has 25 heavy (non-hydrogen) atoms. The van der Waals surface area contributed by atoms with Crippen molar-refractivity contribution in [2.45, 2.75) is 0 Å². The number of hydrogen-bond donors (Lipinski definition) is 2. The molecule has 0 atom stereocenters. The molecule has 0 aliphatic rings. The average molecular weight is 354 g/mol. The fourth-order valence-electron chi connectivity index (χ4n) is 2.44. The van der Waals surface area contributed by atoms with Crippen LogP contribution in [0.5, 0.6) is 0 Å². The number of amides is 1. The van der Waals surface area contributed by atoms with E-state index in [0.29, 0.717) is 33.6 Å². The first-order valence-electron chi connectivity index (χ1n) is 7.33. The van der Waals surface area contributed by atoms with Crippen molar-refractivity contribution in [3.8, 4) is 5.69 Å². The molecule has 0 aliphatic heterocycles. The summed E-state index contributed by atoms with van der Waals surface area (Å²) in [6.07, 6.45) is 4.65. The lowest BCUT2D eigenvalue weighted by atomic mass is 10.3. The van der Waals surface area contributed by atoms with E-state index < -0.39 is 0 Å². The number of rotatable bonds is 3. The number of aromatic nitrogens is 5. The molecule has 8 nitrogen and oxygen atoms in total. The lowest BCUT2D eigenvalue weighted by Gasteiger charge is -2.09. The van der Waals surface area contributed by atoms with Crippen LogP contribution in [0.4, 0.5) is 11.6 Å². The summed E-state index contributed by atoms with van der Waals surface area (Å²) in [6, 6.07) is 10.5. The van der Waals surface area contributed by atoms with Crippen LogP contribution in [0.15, 0.2) is 55.0 Å². The van der Waals surface area contributed by atoms with Crippen LogP contribution >= 0.6 is 11.6 Å². The largest absolute Gasteiger partial charge is 0.384 e. The van der Waals surface area contributed by atoms with Crippen molar-refractivity contribution in [1.82, 2.24) is 24.4 Å². The van der Waals surface area contributed by atoms with Gasteiger partial charge in [-0.15, -0.1) is 0 Å². The normalized spacial score (nSPS) is 10.9. The van der Waals surface area contributed by atoms with Gasteiger partial charge in [0.25, 0.3) is 5.91 Å². The highest BCUT2D eigenvalue weighted by atomic mass is 35.5. The molecule has 9 heteroatoms. The zero-order valence-corrected chi connectivity index (χ0v) is 13.6. The number of fused-ring (bicyclic) bond motifs is 1. The Balaban J connectivity index is 1.69. The monoisotopic (exact) mass is 353 g/mol. The highest BCUT2D eigenvalue weighted by Gasteiger charge is 2.17. The topological polar surface area (TPSA) is 103 Å². The zero-order chi connectivity index (χ0) is 17.4. The number of carbonyl (C=O) groups excluding carboxylic acids is 1. The lowest BCUT2D eigenvalue weighted by Crippen LogP contribution is -2.15. The van der Waals surface area contributed by atoms with Gasteiger partial charge in [0.05, 0.1) is 23.1 Å². The first-order valence-corrected chi connectivity index (χ1v) is 7.71. The minimum Gasteiger partial charge on any atom is -0.384 e. The molecule has 0 bridgehead atoms. The van der Waals surface area contributed by atoms with Gasteiger partial charge in [-0.1, -0.05) is 23.7 Å². The summed E-state index contributed by atoms with van der Waals surface area (Å²) in [4.78, 5) is 16.8. The van der Waals surface area contributed by atoms with Gasteiger partial charge in [0.15, 0.2) is 5.65 Å². The maximum atomic E-state index is 12.6. The summed E-state index contributed by atoms with van der Waals surface area (Å²) >= 11 is 6.21. The van der Waals surface area contributed by atoms with Gasteiger partial charge >= 0.3 is 0 Å². The summed E-state index contributed by atoms with van der Waals surface area (Å²) < 4.78 is 3.03. The maximum absolute atomic E-state index is 12.6. The molecule has 0 spiro atoms. The van der Waals surface area contributed by atoms with Crippen molar-refractivity contribution in [3.63, 3.8) is 0 Å². The van der Waals surface area contributed by atoms with E-state index in [4.69, 9.17) is 17.3 Å². The smallest absolute Gasteiger partial charge is 0.262 e. The third kappa shape index (κ3) is 2.68. The van der Waals surface area contributed by atoms with E-state index in [1.807, 2.05) is 18.2 Å². The molecular formula is C16H12ClN7O. The van der Waals surface area contributed by atoms with Crippen LogP contribution in [0.1, 0.15) is 10.4 Å². The van der Waals surface area contributed by atoms with E-state index in [2.05, 4.69) is 20.5 Å². The number of carbonyl (C=O) groups is 1. The number of nitrogens with one attached hydrogen (secondary N) is 1. The number of hydrogen-bond acceptors (Lipinski definition) is 5. The Labute approximate surface area is 146 Å². The number of benzene rings is 1. The molecule has 1 aromatic carbocycles. The van der Waals surface area contributed by atoms with Gasteiger partial charge in [0, 0.05) is 12.3 Å². The van der Waals surface area contributed by atoms with Crippen LogP contribution in [0.2, 0.25) is 5.02 Å². The third-order valence-corrected chi connectivity index (χ3v) is 3.92. The minimum absolute atomic E-state index is 0.305. The average Bonchev–Trinajstić information content (AvgIpc) is 3.21. The Kier molecular flexibility index (Phi) is 3.58. The summed E-state index contributed by atoms with van der Waals surface area (Å²) in [7, 11) is 0. The van der Waals surface area contributed by atoms with Crippen molar-refractivity contribution in [2.75, 3.05) is 11.1 Å². The Morgan fingerprint density at radius 1 is 1.16 bits per heavy atom. The summed E-state index contributed by atoms with van der Waals surface area (Å²) in [5, 5.41) is 11.6. The number of nitrogens with zero attached hydrogens (tertiary/aromatic N) is 5. The van der Waals surface area contributed by atoms with Gasteiger partial charge in [-0.2, -0.15) is 10.2 Å². The number of halogens is 1. The number of nitrogens with two attached hydrogens (primary N) is 1. The predicted molar refractivity (Wildman–Crippen MR) is 93.9 cm³/mol. The molecule has 3 heterocycles. The Bertz CT molecular complexity index is 1080. The van der Waals surface area contributed by atoms with Gasteiger partial charge < -0.3 is 11.1 Å². The fraction of sp³-hybridized carbons (Fsp3) is 0. The van der Waals surface area contributed by atoms with Crippen molar-refractivity contribution < 1.29 is 4.79 Å². The molecule has 4 aromatic rings. The van der Waals surface area contributed by atoms with Crippen molar-refractivity contribution in [1.29, 1.82) is 0 Å². The highest BCUT2D eigenvalue weighted by molar-refractivity contribution is 6.32. The predicted octanol–water partition coefficient (Wildman–Crippen LogP) is 2.40. The van der Waals surface area contributed by atoms with E-state index >= 15 is 0 Å². The van der Waals surface area contributed by atoms with Gasteiger partial charge in [-0.3, -0.25) is 4.79 Å². The second kappa shape index (κ2) is 5.91. The molecule has 0 fully saturated rings. The Morgan fingerprint density at radius 2 is 2.00 bits per heavy atom. The highest BCUT2D eigenvalue weighted by Crippen LogP contribution is 2.23. The number of anilines is 2. The molecule has 0 unspecified atom stereocenters. The van der Waals surface area contributed by atoms with E-state index in [9.17, 15) is 4.79 Å². The van der Waals surface area contributed by atoms with Crippen LogP contribution in [0, 0.1) is 0 Å². The lowest BCUT2D eigenvalue weighted by molar-refractivity contribution is 0.102. The quantitative estimate of drug-likeness (QED) is 0.588. The van der Waals surface area contributed by atoms with Gasteiger partial charge in [0.1, 0.15) is 17.2 Å². The molecule has 1 amide bonds. The van der Waals surface area contributed by atoms with E-state index in [0.717, 1.165) is 0 Å². The van der Waals surface area contributed by atoms with Crippen LogP contribution in [0.25, 0.3) is 11.3 Å². The fourth-order valence-corrected chi connectivity index (χ4v) is 2.66. The zero-order valence-electron chi connectivity index (χ0n) is 12.8. The molecule has 3 aromatic heterocycles. The molecule has 0 aliphatic carbocycles.